The van der Waals surface area contributed by atoms with Crippen LogP contribution in [0, 0.1) is 5.92 Å². The summed E-state index contributed by atoms with van der Waals surface area (Å²) in [6.07, 6.45) is 1.52. The summed E-state index contributed by atoms with van der Waals surface area (Å²) >= 11 is 0. The Labute approximate surface area is 163 Å². The number of fused-ring (bicyclic) bond motifs is 1. The molecule has 1 fully saturated rings. The average molecular weight is 377 g/mol. The second-order valence-corrected chi connectivity index (χ2v) is 8.31. The number of amides is 1. The zero-order chi connectivity index (χ0) is 19.9. The van der Waals surface area contributed by atoms with Crippen LogP contribution in [-0.4, -0.2) is 43.6 Å². The molecule has 2 aromatic heterocycles. The largest absolute Gasteiger partial charge is 0.336 e. The van der Waals surface area contributed by atoms with Gasteiger partial charge in [-0.05, 0) is 18.2 Å². The molecular weight excluding hydrogens is 354 g/mol. The number of carbonyl (C=O) groups excluding carboxylic acids is 1. The molecule has 1 aliphatic rings. The van der Waals surface area contributed by atoms with Crippen LogP contribution in [0.3, 0.4) is 0 Å². The van der Waals surface area contributed by atoms with E-state index in [-0.39, 0.29) is 22.8 Å². The molecule has 0 unspecified atom stereocenters. The highest BCUT2D eigenvalue weighted by molar-refractivity contribution is 5.94. The number of aromatic nitrogens is 4. The Kier molecular flexibility index (Phi) is 4.45. The lowest BCUT2D eigenvalue weighted by atomic mass is 9.92. The molecule has 1 aliphatic heterocycles. The standard InChI is InChI=1S/C21H23N5O2/c1-21(2,3)18-8-9-19(27)26(24-18)13-14-11-25(12-14)20(28)17-10-22-15-6-4-5-7-16(15)23-17/h4-10,14H,11-13H2,1-3H3. The lowest BCUT2D eigenvalue weighted by Gasteiger charge is -2.39. The van der Waals surface area contributed by atoms with Gasteiger partial charge in [0.25, 0.3) is 11.5 Å². The maximum Gasteiger partial charge on any atom is 0.274 e. The number of benzene rings is 1. The number of carbonyl (C=O) groups is 1. The van der Waals surface area contributed by atoms with Gasteiger partial charge in [-0.15, -0.1) is 0 Å². The summed E-state index contributed by atoms with van der Waals surface area (Å²) in [6, 6.07) is 10.8. The molecule has 28 heavy (non-hydrogen) atoms. The quantitative estimate of drug-likeness (QED) is 0.699. The molecule has 144 valence electrons. The molecule has 0 radical (unpaired) electrons. The fourth-order valence-corrected chi connectivity index (χ4v) is 3.30. The van der Waals surface area contributed by atoms with Crippen LogP contribution >= 0.6 is 0 Å². The van der Waals surface area contributed by atoms with E-state index >= 15 is 0 Å². The number of nitrogens with zero attached hydrogens (tertiary/aromatic N) is 5. The zero-order valence-electron chi connectivity index (χ0n) is 16.3. The summed E-state index contributed by atoms with van der Waals surface area (Å²) in [7, 11) is 0. The third kappa shape index (κ3) is 3.52. The van der Waals surface area contributed by atoms with Crippen LogP contribution in [0.15, 0.2) is 47.4 Å². The van der Waals surface area contributed by atoms with Crippen molar-refractivity contribution in [2.75, 3.05) is 13.1 Å². The smallest absolute Gasteiger partial charge is 0.274 e. The normalized spacial score (nSPS) is 14.9. The van der Waals surface area contributed by atoms with Gasteiger partial charge in [-0.25, -0.2) is 9.67 Å². The number of rotatable bonds is 3. The lowest BCUT2D eigenvalue weighted by Crippen LogP contribution is -2.52. The summed E-state index contributed by atoms with van der Waals surface area (Å²) in [5.74, 6) is 0.0797. The van der Waals surface area contributed by atoms with Gasteiger partial charge in [0.2, 0.25) is 0 Å². The maximum absolute atomic E-state index is 12.7. The van der Waals surface area contributed by atoms with Crippen LogP contribution in [0.5, 0.6) is 0 Å². The summed E-state index contributed by atoms with van der Waals surface area (Å²) in [4.78, 5) is 35.3. The first-order valence-electron chi connectivity index (χ1n) is 9.41. The number of hydrogen-bond donors (Lipinski definition) is 0. The van der Waals surface area contributed by atoms with Crippen molar-refractivity contribution in [3.63, 3.8) is 0 Å². The maximum atomic E-state index is 12.7. The Morgan fingerprint density at radius 3 is 2.54 bits per heavy atom. The Bertz CT molecular complexity index is 1090. The van der Waals surface area contributed by atoms with E-state index in [4.69, 9.17) is 0 Å². The molecule has 1 saturated heterocycles. The molecule has 1 amide bonds. The predicted molar refractivity (Wildman–Crippen MR) is 106 cm³/mol. The first-order chi connectivity index (χ1) is 13.3. The molecule has 4 rings (SSSR count). The van der Waals surface area contributed by atoms with Crippen molar-refractivity contribution in [1.82, 2.24) is 24.6 Å². The Morgan fingerprint density at radius 2 is 1.82 bits per heavy atom. The van der Waals surface area contributed by atoms with Crippen molar-refractivity contribution >= 4 is 16.9 Å². The van der Waals surface area contributed by atoms with Gasteiger partial charge in [-0.3, -0.25) is 14.6 Å². The van der Waals surface area contributed by atoms with E-state index in [1.54, 1.807) is 17.0 Å². The number of likely N-dealkylation sites (tertiary alicyclic amines) is 1. The highest BCUT2D eigenvalue weighted by Gasteiger charge is 2.33. The van der Waals surface area contributed by atoms with Crippen molar-refractivity contribution in [3.8, 4) is 0 Å². The number of hydrogen-bond acceptors (Lipinski definition) is 5. The van der Waals surface area contributed by atoms with E-state index in [1.807, 2.05) is 24.3 Å². The van der Waals surface area contributed by atoms with Gasteiger partial charge in [-0.2, -0.15) is 5.10 Å². The van der Waals surface area contributed by atoms with E-state index in [0.717, 1.165) is 11.2 Å². The van der Waals surface area contributed by atoms with Crippen LogP contribution in [0.2, 0.25) is 0 Å². The minimum atomic E-state index is -0.127. The molecular formula is C21H23N5O2. The van der Waals surface area contributed by atoms with Crippen LogP contribution in [-0.2, 0) is 12.0 Å². The highest BCUT2D eigenvalue weighted by Crippen LogP contribution is 2.21. The minimum Gasteiger partial charge on any atom is -0.336 e. The van der Waals surface area contributed by atoms with Crippen molar-refractivity contribution < 1.29 is 4.79 Å². The average Bonchev–Trinajstić information content (AvgIpc) is 2.63. The highest BCUT2D eigenvalue weighted by atomic mass is 16.2. The zero-order valence-corrected chi connectivity index (χ0v) is 16.3. The second kappa shape index (κ2) is 6.82. The molecule has 3 heterocycles. The second-order valence-electron chi connectivity index (χ2n) is 8.31. The summed E-state index contributed by atoms with van der Waals surface area (Å²) in [5, 5.41) is 4.51. The van der Waals surface area contributed by atoms with Gasteiger partial charge in [0.1, 0.15) is 5.69 Å². The Hall–Kier alpha value is -3.09. The fourth-order valence-electron chi connectivity index (χ4n) is 3.30. The predicted octanol–water partition coefficient (Wildman–Crippen LogP) is 2.26. The third-order valence-corrected chi connectivity index (χ3v) is 4.98. The van der Waals surface area contributed by atoms with Crippen molar-refractivity contribution in [1.29, 1.82) is 0 Å². The summed E-state index contributed by atoms with van der Waals surface area (Å²) in [6.45, 7) is 7.88. The topological polar surface area (TPSA) is 81.0 Å². The van der Waals surface area contributed by atoms with E-state index in [2.05, 4.69) is 35.8 Å². The summed E-state index contributed by atoms with van der Waals surface area (Å²) in [5.41, 5.74) is 2.47. The van der Waals surface area contributed by atoms with Gasteiger partial charge in [0, 0.05) is 30.5 Å². The molecule has 0 atom stereocenters. The molecule has 0 bridgehead atoms. The minimum absolute atomic E-state index is 0.113. The first kappa shape index (κ1) is 18.3. The van der Waals surface area contributed by atoms with E-state index < -0.39 is 0 Å². The molecule has 0 spiro atoms. The fraction of sp³-hybridized carbons (Fsp3) is 0.381. The molecule has 3 aromatic rings. The van der Waals surface area contributed by atoms with Crippen LogP contribution in [0.25, 0.3) is 11.0 Å². The molecule has 0 N–H and O–H groups in total. The molecule has 7 heteroatoms. The monoisotopic (exact) mass is 377 g/mol. The van der Waals surface area contributed by atoms with Gasteiger partial charge in [0.05, 0.1) is 29.5 Å². The van der Waals surface area contributed by atoms with Crippen molar-refractivity contribution in [2.24, 2.45) is 5.92 Å². The molecule has 7 nitrogen and oxygen atoms in total. The van der Waals surface area contributed by atoms with Crippen LogP contribution in [0.4, 0.5) is 0 Å². The van der Waals surface area contributed by atoms with Crippen molar-refractivity contribution in [3.05, 3.63) is 64.3 Å². The van der Waals surface area contributed by atoms with E-state index in [1.165, 1.54) is 10.9 Å². The van der Waals surface area contributed by atoms with E-state index in [0.29, 0.717) is 30.8 Å². The third-order valence-electron chi connectivity index (χ3n) is 4.98. The first-order valence-corrected chi connectivity index (χ1v) is 9.41. The van der Waals surface area contributed by atoms with Gasteiger partial charge in [-0.1, -0.05) is 32.9 Å². The SMILES string of the molecule is CC(C)(C)c1ccc(=O)n(CC2CN(C(=O)c3cnc4ccccc4n3)C2)n1. The van der Waals surface area contributed by atoms with Gasteiger partial charge < -0.3 is 4.90 Å². The molecule has 0 saturated carbocycles. The van der Waals surface area contributed by atoms with Gasteiger partial charge >= 0.3 is 0 Å². The summed E-state index contributed by atoms with van der Waals surface area (Å²) < 4.78 is 1.52. The van der Waals surface area contributed by atoms with Crippen LogP contribution < -0.4 is 5.56 Å². The lowest BCUT2D eigenvalue weighted by molar-refractivity contribution is 0.0451. The Balaban J connectivity index is 1.43. The molecule has 1 aromatic carbocycles. The molecule has 0 aliphatic carbocycles. The van der Waals surface area contributed by atoms with Crippen molar-refractivity contribution in [2.45, 2.75) is 32.7 Å². The Morgan fingerprint density at radius 1 is 1.11 bits per heavy atom. The number of para-hydroxylation sites is 2. The van der Waals surface area contributed by atoms with E-state index in [9.17, 15) is 9.59 Å². The van der Waals surface area contributed by atoms with Crippen LogP contribution in [0.1, 0.15) is 37.0 Å². The van der Waals surface area contributed by atoms with Gasteiger partial charge in [0.15, 0.2) is 0 Å².